The minimum absolute atomic E-state index is 0.590. The Morgan fingerprint density at radius 2 is 2.22 bits per heavy atom. The highest BCUT2D eigenvalue weighted by Gasteiger charge is 2.23. The van der Waals surface area contributed by atoms with Crippen LogP contribution in [0.1, 0.15) is 36.2 Å². The summed E-state index contributed by atoms with van der Waals surface area (Å²) in [6.45, 7) is 5.26. The quantitative estimate of drug-likeness (QED) is 0.805. The Morgan fingerprint density at radius 1 is 1.30 bits per heavy atom. The van der Waals surface area contributed by atoms with Gasteiger partial charge >= 0.3 is 0 Å². The molecule has 1 saturated carbocycles. The normalized spacial score (nSPS) is 18.8. The molecule has 124 valence electrons. The van der Waals surface area contributed by atoms with Crippen LogP contribution in [-0.2, 0) is 38.0 Å². The van der Waals surface area contributed by atoms with Gasteiger partial charge in [-0.3, -0.25) is 9.58 Å². The summed E-state index contributed by atoms with van der Waals surface area (Å²) in [5.74, 6) is 0.784. The summed E-state index contributed by atoms with van der Waals surface area (Å²) in [5, 5.41) is 12.9. The van der Waals surface area contributed by atoms with Crippen LogP contribution in [0.3, 0.4) is 0 Å². The molecule has 2 aromatic rings. The van der Waals surface area contributed by atoms with Gasteiger partial charge in [-0.2, -0.15) is 5.10 Å². The fourth-order valence-electron chi connectivity index (χ4n) is 3.12. The van der Waals surface area contributed by atoms with E-state index >= 15 is 0 Å². The van der Waals surface area contributed by atoms with Crippen molar-refractivity contribution in [3.63, 3.8) is 0 Å². The highest BCUT2D eigenvalue weighted by atomic mass is 16.5. The molecule has 0 spiro atoms. The van der Waals surface area contributed by atoms with E-state index in [1.807, 2.05) is 17.9 Å². The average Bonchev–Trinajstić information content (AvgIpc) is 3.21. The van der Waals surface area contributed by atoms with Crippen molar-refractivity contribution in [2.24, 2.45) is 13.0 Å². The lowest BCUT2D eigenvalue weighted by atomic mass is 10.2. The van der Waals surface area contributed by atoms with Crippen LogP contribution >= 0.6 is 0 Å². The molecule has 4 rings (SSSR count). The summed E-state index contributed by atoms with van der Waals surface area (Å²) in [6.07, 6.45) is 7.76. The number of hydrogen-bond acceptors (Lipinski definition) is 5. The van der Waals surface area contributed by atoms with E-state index in [4.69, 9.17) is 4.74 Å². The van der Waals surface area contributed by atoms with Gasteiger partial charge in [-0.1, -0.05) is 5.21 Å². The Bertz CT molecular complexity index is 659. The molecule has 0 amide bonds. The highest BCUT2D eigenvalue weighted by Crippen LogP contribution is 2.29. The van der Waals surface area contributed by atoms with Crippen LogP contribution in [0, 0.1) is 5.92 Å². The van der Waals surface area contributed by atoms with Crippen LogP contribution in [0.5, 0.6) is 0 Å². The molecule has 0 radical (unpaired) electrons. The minimum atomic E-state index is 0.590. The number of rotatable bonds is 6. The van der Waals surface area contributed by atoms with Crippen LogP contribution in [0.25, 0.3) is 0 Å². The zero-order valence-corrected chi connectivity index (χ0v) is 13.7. The first kappa shape index (κ1) is 14.8. The Kier molecular flexibility index (Phi) is 4.13. The number of fused-ring (bicyclic) bond motifs is 1. The van der Waals surface area contributed by atoms with Crippen molar-refractivity contribution in [2.45, 2.75) is 45.5 Å². The molecular weight excluding hydrogens is 292 g/mol. The SMILES string of the molecule is Cn1cc(CN2CCCn3nnc(COCC4CC4)c3C2)cn1. The Labute approximate surface area is 136 Å². The van der Waals surface area contributed by atoms with E-state index in [2.05, 4.69) is 31.2 Å². The zero-order chi connectivity index (χ0) is 15.6. The van der Waals surface area contributed by atoms with Crippen molar-refractivity contribution < 1.29 is 4.74 Å². The lowest BCUT2D eigenvalue weighted by molar-refractivity contribution is 0.107. The van der Waals surface area contributed by atoms with E-state index in [-0.39, 0.29) is 0 Å². The molecule has 0 aromatic carbocycles. The average molecular weight is 316 g/mol. The molecule has 1 aliphatic heterocycles. The fourth-order valence-corrected chi connectivity index (χ4v) is 3.12. The minimum Gasteiger partial charge on any atom is -0.375 e. The molecule has 0 bridgehead atoms. The van der Waals surface area contributed by atoms with Gasteiger partial charge in [0.25, 0.3) is 0 Å². The Balaban J connectivity index is 1.42. The van der Waals surface area contributed by atoms with Crippen LogP contribution in [0.2, 0.25) is 0 Å². The number of ether oxygens (including phenoxy) is 1. The van der Waals surface area contributed by atoms with Crippen LogP contribution < -0.4 is 0 Å². The van der Waals surface area contributed by atoms with E-state index in [1.165, 1.54) is 24.1 Å². The lowest BCUT2D eigenvalue weighted by Crippen LogP contribution is -2.23. The second-order valence-corrected chi connectivity index (χ2v) is 6.75. The van der Waals surface area contributed by atoms with Crippen LogP contribution in [0.4, 0.5) is 0 Å². The molecule has 0 N–H and O–H groups in total. The van der Waals surface area contributed by atoms with E-state index in [0.717, 1.165) is 50.8 Å². The van der Waals surface area contributed by atoms with E-state index in [9.17, 15) is 0 Å². The molecule has 7 nitrogen and oxygen atoms in total. The maximum atomic E-state index is 5.82. The molecule has 23 heavy (non-hydrogen) atoms. The van der Waals surface area contributed by atoms with Gasteiger partial charge in [0, 0.05) is 51.6 Å². The van der Waals surface area contributed by atoms with Crippen molar-refractivity contribution >= 4 is 0 Å². The van der Waals surface area contributed by atoms with Gasteiger partial charge in [0.1, 0.15) is 5.69 Å². The van der Waals surface area contributed by atoms with Crippen molar-refractivity contribution in [3.05, 3.63) is 29.3 Å². The summed E-state index contributed by atoms with van der Waals surface area (Å²) in [5.41, 5.74) is 3.46. The molecule has 0 atom stereocenters. The summed E-state index contributed by atoms with van der Waals surface area (Å²) < 4.78 is 9.73. The second kappa shape index (κ2) is 6.41. The molecular formula is C16H24N6O. The van der Waals surface area contributed by atoms with Crippen molar-refractivity contribution in [1.29, 1.82) is 0 Å². The molecule has 3 heterocycles. The Hall–Kier alpha value is -1.73. The topological polar surface area (TPSA) is 61.0 Å². The summed E-state index contributed by atoms with van der Waals surface area (Å²) in [7, 11) is 1.96. The van der Waals surface area contributed by atoms with Crippen LogP contribution in [-0.4, -0.2) is 42.8 Å². The largest absolute Gasteiger partial charge is 0.375 e. The summed E-state index contributed by atoms with van der Waals surface area (Å²) in [4.78, 5) is 2.45. The second-order valence-electron chi connectivity index (χ2n) is 6.75. The number of hydrogen-bond donors (Lipinski definition) is 0. The van der Waals surface area contributed by atoms with Gasteiger partial charge in [0.2, 0.25) is 0 Å². The standard InChI is InChI=1S/C16H24N6O/c1-20-8-14(7-17-20)9-21-5-2-6-22-16(10-21)15(18-19-22)12-23-11-13-3-4-13/h7-8,13H,2-6,9-12H2,1H3. The first-order chi connectivity index (χ1) is 11.3. The molecule has 7 heteroatoms. The maximum absolute atomic E-state index is 5.82. The number of nitrogens with zero attached hydrogens (tertiary/aromatic N) is 6. The highest BCUT2D eigenvalue weighted by molar-refractivity contribution is 5.11. The van der Waals surface area contributed by atoms with Crippen molar-refractivity contribution in [2.75, 3.05) is 13.2 Å². The van der Waals surface area contributed by atoms with Gasteiger partial charge in [-0.05, 0) is 25.2 Å². The van der Waals surface area contributed by atoms with Gasteiger partial charge in [0.15, 0.2) is 0 Å². The van der Waals surface area contributed by atoms with E-state index in [0.29, 0.717) is 6.61 Å². The van der Waals surface area contributed by atoms with Crippen molar-refractivity contribution in [1.82, 2.24) is 29.7 Å². The smallest absolute Gasteiger partial charge is 0.113 e. The van der Waals surface area contributed by atoms with E-state index in [1.54, 1.807) is 0 Å². The van der Waals surface area contributed by atoms with Gasteiger partial charge in [0.05, 0.1) is 18.5 Å². The molecule has 1 fully saturated rings. The molecule has 1 aliphatic carbocycles. The lowest BCUT2D eigenvalue weighted by Gasteiger charge is -2.18. The third kappa shape index (κ3) is 3.61. The molecule has 0 unspecified atom stereocenters. The zero-order valence-electron chi connectivity index (χ0n) is 13.7. The first-order valence-corrected chi connectivity index (χ1v) is 8.47. The summed E-state index contributed by atoms with van der Waals surface area (Å²) >= 11 is 0. The third-order valence-electron chi connectivity index (χ3n) is 4.59. The van der Waals surface area contributed by atoms with Crippen LogP contribution in [0.15, 0.2) is 12.4 Å². The number of aromatic nitrogens is 5. The monoisotopic (exact) mass is 316 g/mol. The molecule has 2 aromatic heterocycles. The van der Waals surface area contributed by atoms with Crippen molar-refractivity contribution in [3.8, 4) is 0 Å². The molecule has 0 saturated heterocycles. The predicted molar refractivity (Wildman–Crippen MR) is 84.3 cm³/mol. The summed E-state index contributed by atoms with van der Waals surface area (Å²) in [6, 6.07) is 0. The first-order valence-electron chi connectivity index (χ1n) is 8.47. The van der Waals surface area contributed by atoms with Gasteiger partial charge in [-0.25, -0.2) is 4.68 Å². The predicted octanol–water partition coefficient (Wildman–Crippen LogP) is 1.34. The fraction of sp³-hybridized carbons (Fsp3) is 0.688. The van der Waals surface area contributed by atoms with E-state index < -0.39 is 0 Å². The third-order valence-corrected chi connectivity index (χ3v) is 4.59. The van der Waals surface area contributed by atoms with Gasteiger partial charge in [-0.15, -0.1) is 5.10 Å². The van der Waals surface area contributed by atoms with Gasteiger partial charge < -0.3 is 4.74 Å². The number of aryl methyl sites for hydroxylation is 2. The maximum Gasteiger partial charge on any atom is 0.113 e. The molecule has 2 aliphatic rings. The Morgan fingerprint density at radius 3 is 3.00 bits per heavy atom.